The summed E-state index contributed by atoms with van der Waals surface area (Å²) in [6.07, 6.45) is 0. The van der Waals surface area contributed by atoms with Gasteiger partial charge in [0.15, 0.2) is 0 Å². The van der Waals surface area contributed by atoms with Gasteiger partial charge in [0.05, 0.1) is 21.7 Å². The molecule has 0 fully saturated rings. The van der Waals surface area contributed by atoms with Crippen LogP contribution in [-0.4, -0.2) is 37.7 Å². The molecule has 0 aliphatic carbocycles. The van der Waals surface area contributed by atoms with E-state index in [4.69, 9.17) is 0 Å². The number of pyridine rings is 1. The minimum Gasteiger partial charge on any atom is -0.322 e. The van der Waals surface area contributed by atoms with Gasteiger partial charge >= 0.3 is 0 Å². The van der Waals surface area contributed by atoms with Crippen molar-refractivity contribution in [2.24, 2.45) is 0 Å². The summed E-state index contributed by atoms with van der Waals surface area (Å²) in [5.74, 6) is -0.764. The Morgan fingerprint density at radius 1 is 0.970 bits per heavy atom. The molecule has 4 rings (SSSR count). The second kappa shape index (κ2) is 8.73. The Kier molecular flexibility index (Phi) is 5.97. The Morgan fingerprint density at radius 3 is 2.36 bits per heavy atom. The largest absolute Gasteiger partial charge is 0.322 e. The molecule has 1 amide bonds. The molecule has 6 nitrogen and oxygen atoms in total. The number of benzene rings is 3. The van der Waals surface area contributed by atoms with Gasteiger partial charge in [-0.25, -0.2) is 22.1 Å². The Morgan fingerprint density at radius 2 is 1.67 bits per heavy atom. The highest BCUT2D eigenvalue weighted by Gasteiger charge is 2.20. The number of fused-ring (bicyclic) bond motifs is 1. The van der Waals surface area contributed by atoms with E-state index >= 15 is 0 Å². The van der Waals surface area contributed by atoms with Crippen LogP contribution in [-0.2, 0) is 10.0 Å². The second-order valence-electron chi connectivity index (χ2n) is 7.80. The summed E-state index contributed by atoms with van der Waals surface area (Å²) in [6.45, 7) is 1.79. The lowest BCUT2D eigenvalue weighted by Crippen LogP contribution is -2.22. The van der Waals surface area contributed by atoms with Crippen molar-refractivity contribution in [2.75, 3.05) is 19.4 Å². The molecule has 1 N–H and O–H groups in total. The molecular weight excluding hydrogens is 441 g/mol. The van der Waals surface area contributed by atoms with Crippen molar-refractivity contribution >= 4 is 32.5 Å². The molecule has 0 bridgehead atoms. The van der Waals surface area contributed by atoms with E-state index in [1.54, 1.807) is 43.3 Å². The zero-order valence-electron chi connectivity index (χ0n) is 18.3. The fourth-order valence-electron chi connectivity index (χ4n) is 3.43. The monoisotopic (exact) mass is 463 g/mol. The van der Waals surface area contributed by atoms with Gasteiger partial charge in [-0.2, -0.15) is 0 Å². The number of carbonyl (C=O) groups is 1. The maximum atomic E-state index is 13.4. The van der Waals surface area contributed by atoms with Gasteiger partial charge < -0.3 is 5.32 Å². The molecule has 0 aliphatic rings. The zero-order chi connectivity index (χ0) is 23.8. The van der Waals surface area contributed by atoms with Crippen molar-refractivity contribution in [2.45, 2.75) is 11.8 Å². The van der Waals surface area contributed by atoms with Crippen LogP contribution in [0, 0.1) is 12.7 Å². The molecule has 1 aromatic heterocycles. The van der Waals surface area contributed by atoms with E-state index in [-0.39, 0.29) is 10.7 Å². The van der Waals surface area contributed by atoms with Gasteiger partial charge in [0.1, 0.15) is 5.82 Å². The molecular formula is C25H22FN3O3S. The van der Waals surface area contributed by atoms with Crippen LogP contribution in [0.5, 0.6) is 0 Å². The molecule has 3 aromatic carbocycles. The molecule has 33 heavy (non-hydrogen) atoms. The van der Waals surface area contributed by atoms with Crippen LogP contribution in [0.3, 0.4) is 0 Å². The van der Waals surface area contributed by atoms with Crippen LogP contribution in [0.2, 0.25) is 0 Å². The number of hydrogen-bond acceptors (Lipinski definition) is 4. The summed E-state index contributed by atoms with van der Waals surface area (Å²) in [6, 6.07) is 19.4. The van der Waals surface area contributed by atoms with Crippen molar-refractivity contribution in [1.29, 1.82) is 0 Å². The number of hydrogen-bond donors (Lipinski definition) is 1. The van der Waals surface area contributed by atoms with Gasteiger partial charge in [-0.3, -0.25) is 4.79 Å². The van der Waals surface area contributed by atoms with Crippen LogP contribution in [0.1, 0.15) is 15.9 Å². The van der Waals surface area contributed by atoms with E-state index < -0.39 is 15.9 Å². The van der Waals surface area contributed by atoms with E-state index in [0.29, 0.717) is 33.4 Å². The molecule has 0 saturated carbocycles. The zero-order valence-corrected chi connectivity index (χ0v) is 19.2. The maximum absolute atomic E-state index is 13.4. The predicted octanol–water partition coefficient (Wildman–Crippen LogP) is 4.85. The molecule has 0 unspecified atom stereocenters. The lowest BCUT2D eigenvalue weighted by atomic mass is 10.0. The molecule has 0 saturated heterocycles. The third kappa shape index (κ3) is 4.48. The summed E-state index contributed by atoms with van der Waals surface area (Å²) >= 11 is 0. The number of nitrogens with zero attached hydrogens (tertiary/aromatic N) is 2. The number of rotatable bonds is 5. The Labute approximate surface area is 191 Å². The summed E-state index contributed by atoms with van der Waals surface area (Å²) in [7, 11) is -0.752. The summed E-state index contributed by atoms with van der Waals surface area (Å²) in [5.41, 5.74) is 3.31. The smallest absolute Gasteiger partial charge is 0.256 e. The standard InChI is InChI=1S/C25H22FN3O3S/c1-16-8-13-19(33(31,32)29(2)3)14-23(16)28-25(30)21-15-24(17-9-11-18(26)12-10-17)27-22-7-5-4-6-20(21)22/h4-15H,1-3H3,(H,28,30). The summed E-state index contributed by atoms with van der Waals surface area (Å²) in [4.78, 5) is 18.1. The topological polar surface area (TPSA) is 79.4 Å². The average molecular weight is 464 g/mol. The number of aromatic nitrogens is 1. The first-order valence-corrected chi connectivity index (χ1v) is 11.6. The number of carbonyl (C=O) groups excluding carboxylic acids is 1. The SMILES string of the molecule is Cc1ccc(S(=O)(=O)N(C)C)cc1NC(=O)c1cc(-c2ccc(F)cc2)nc2ccccc12. The minimum atomic E-state index is -3.66. The van der Waals surface area contributed by atoms with E-state index in [0.717, 1.165) is 9.87 Å². The first kappa shape index (κ1) is 22.6. The number of aryl methyl sites for hydroxylation is 1. The van der Waals surface area contributed by atoms with Crippen molar-refractivity contribution in [1.82, 2.24) is 9.29 Å². The molecule has 4 aromatic rings. The molecule has 8 heteroatoms. The number of nitrogens with one attached hydrogen (secondary N) is 1. The fraction of sp³-hybridized carbons (Fsp3) is 0.120. The van der Waals surface area contributed by atoms with Crippen LogP contribution in [0.15, 0.2) is 77.7 Å². The van der Waals surface area contributed by atoms with Gasteiger partial charge in [-0.1, -0.05) is 24.3 Å². The third-order valence-corrected chi connectivity index (χ3v) is 7.15. The summed E-state index contributed by atoms with van der Waals surface area (Å²) < 4.78 is 39.6. The van der Waals surface area contributed by atoms with Gasteiger partial charge in [-0.05, 0) is 61.0 Å². The highest BCUT2D eigenvalue weighted by Crippen LogP contribution is 2.27. The number of para-hydroxylation sites is 1. The lowest BCUT2D eigenvalue weighted by molar-refractivity contribution is 0.102. The molecule has 1 heterocycles. The maximum Gasteiger partial charge on any atom is 0.256 e. The highest BCUT2D eigenvalue weighted by molar-refractivity contribution is 7.89. The van der Waals surface area contributed by atoms with Crippen LogP contribution < -0.4 is 5.32 Å². The summed E-state index contributed by atoms with van der Waals surface area (Å²) in [5, 5.41) is 3.50. The lowest BCUT2D eigenvalue weighted by Gasteiger charge is -2.15. The molecule has 0 spiro atoms. The molecule has 168 valence electrons. The van der Waals surface area contributed by atoms with E-state index in [9.17, 15) is 17.6 Å². The van der Waals surface area contributed by atoms with Crippen LogP contribution in [0.25, 0.3) is 22.2 Å². The number of amides is 1. The Hall–Kier alpha value is -3.62. The normalized spacial score (nSPS) is 11.7. The van der Waals surface area contributed by atoms with E-state index in [1.165, 1.54) is 38.4 Å². The van der Waals surface area contributed by atoms with Crippen molar-refractivity contribution in [3.8, 4) is 11.3 Å². The third-order valence-electron chi connectivity index (χ3n) is 5.34. The highest BCUT2D eigenvalue weighted by atomic mass is 32.2. The second-order valence-corrected chi connectivity index (χ2v) is 9.95. The van der Waals surface area contributed by atoms with Gasteiger partial charge in [-0.15, -0.1) is 0 Å². The van der Waals surface area contributed by atoms with E-state index in [2.05, 4.69) is 10.3 Å². The van der Waals surface area contributed by atoms with Gasteiger partial charge in [0.2, 0.25) is 10.0 Å². The van der Waals surface area contributed by atoms with Crippen molar-refractivity contribution < 1.29 is 17.6 Å². The Balaban J connectivity index is 1.78. The van der Waals surface area contributed by atoms with E-state index in [1.807, 2.05) is 12.1 Å². The first-order chi connectivity index (χ1) is 15.7. The first-order valence-electron chi connectivity index (χ1n) is 10.2. The van der Waals surface area contributed by atoms with Crippen molar-refractivity contribution in [3.63, 3.8) is 0 Å². The fourth-order valence-corrected chi connectivity index (χ4v) is 4.36. The number of halogens is 1. The van der Waals surface area contributed by atoms with Crippen LogP contribution >= 0.6 is 0 Å². The van der Waals surface area contributed by atoms with Crippen LogP contribution in [0.4, 0.5) is 10.1 Å². The minimum absolute atomic E-state index is 0.0833. The van der Waals surface area contributed by atoms with Gasteiger partial charge in [0, 0.05) is 30.7 Å². The number of anilines is 1. The van der Waals surface area contributed by atoms with Crippen molar-refractivity contribution in [3.05, 3.63) is 89.7 Å². The molecule has 0 radical (unpaired) electrons. The average Bonchev–Trinajstić information content (AvgIpc) is 2.80. The quantitative estimate of drug-likeness (QED) is 0.459. The molecule has 0 aliphatic heterocycles. The molecule has 0 atom stereocenters. The van der Waals surface area contributed by atoms with Gasteiger partial charge in [0.25, 0.3) is 5.91 Å². The predicted molar refractivity (Wildman–Crippen MR) is 127 cm³/mol. The Bertz CT molecular complexity index is 1470. The number of sulfonamides is 1.